The number of rotatable bonds is 3. The van der Waals surface area contributed by atoms with Gasteiger partial charge in [-0.1, -0.05) is 30.7 Å². The molecule has 1 atom stereocenters. The third-order valence-corrected chi connectivity index (χ3v) is 4.29. The van der Waals surface area contributed by atoms with E-state index in [4.69, 9.17) is 29.6 Å². The number of nitrogens with zero attached hydrogens (tertiary/aromatic N) is 2. The van der Waals surface area contributed by atoms with Gasteiger partial charge in [-0.2, -0.15) is 0 Å². The van der Waals surface area contributed by atoms with E-state index in [0.717, 1.165) is 37.4 Å². The van der Waals surface area contributed by atoms with E-state index < -0.39 is 0 Å². The Balaban J connectivity index is 2.15. The average molecular weight is 298 g/mol. The lowest BCUT2D eigenvalue weighted by Gasteiger charge is -2.40. The summed E-state index contributed by atoms with van der Waals surface area (Å²) < 4.78 is 0. The van der Waals surface area contributed by atoms with Crippen LogP contribution < -0.4 is 10.6 Å². The van der Waals surface area contributed by atoms with Crippen LogP contribution in [0.3, 0.4) is 0 Å². The number of hydrogen-bond donors (Lipinski definition) is 1. The van der Waals surface area contributed by atoms with Crippen molar-refractivity contribution in [3.8, 4) is 0 Å². The summed E-state index contributed by atoms with van der Waals surface area (Å²) in [7, 11) is 0. The molecule has 104 valence electrons. The van der Waals surface area contributed by atoms with Gasteiger partial charge >= 0.3 is 0 Å². The minimum atomic E-state index is 0.348. The normalized spacial score (nSPS) is 20.6. The largest absolute Gasteiger partial charge is 0.389 e. The van der Waals surface area contributed by atoms with Gasteiger partial charge in [0.05, 0.1) is 5.02 Å². The summed E-state index contributed by atoms with van der Waals surface area (Å²) in [4.78, 5) is 5.20. The molecule has 0 radical (unpaired) electrons. The van der Waals surface area contributed by atoms with Gasteiger partial charge in [-0.15, -0.1) is 0 Å². The summed E-state index contributed by atoms with van der Waals surface area (Å²) in [5, 5.41) is 0.635. The molecule has 5 heteroatoms. The highest BCUT2D eigenvalue weighted by molar-refractivity contribution is 7.80. The fourth-order valence-corrected chi connectivity index (χ4v) is 3.11. The maximum atomic E-state index is 6.23. The number of hydrogen-bond acceptors (Lipinski definition) is 3. The van der Waals surface area contributed by atoms with Crippen LogP contribution in [0.2, 0.25) is 5.02 Å². The van der Waals surface area contributed by atoms with Gasteiger partial charge in [0.2, 0.25) is 0 Å². The third kappa shape index (κ3) is 3.19. The molecule has 3 nitrogen and oxygen atoms in total. The van der Waals surface area contributed by atoms with Crippen LogP contribution in [0.15, 0.2) is 18.2 Å². The van der Waals surface area contributed by atoms with Crippen LogP contribution in [-0.4, -0.2) is 42.1 Å². The quantitative estimate of drug-likeness (QED) is 0.869. The first-order valence-corrected chi connectivity index (χ1v) is 7.40. The van der Waals surface area contributed by atoms with Crippen molar-refractivity contribution in [2.45, 2.75) is 19.9 Å². The van der Waals surface area contributed by atoms with E-state index in [9.17, 15) is 0 Å². The average Bonchev–Trinajstić information content (AvgIpc) is 2.38. The lowest BCUT2D eigenvalue weighted by atomic mass is 10.1. The van der Waals surface area contributed by atoms with Crippen molar-refractivity contribution >= 4 is 34.5 Å². The molecule has 1 aromatic rings. The second-order valence-electron chi connectivity index (χ2n) is 4.95. The fraction of sp³-hybridized carbons (Fsp3) is 0.500. The van der Waals surface area contributed by atoms with E-state index in [2.05, 4.69) is 29.7 Å². The number of likely N-dealkylation sites (N-methyl/N-ethyl adjacent to an activating group) is 1. The number of piperazine rings is 1. The summed E-state index contributed by atoms with van der Waals surface area (Å²) in [5.41, 5.74) is 7.52. The molecule has 0 saturated carbocycles. The predicted molar refractivity (Wildman–Crippen MR) is 86.3 cm³/mol. The molecule has 2 N–H and O–H groups in total. The highest BCUT2D eigenvalue weighted by Crippen LogP contribution is 2.25. The van der Waals surface area contributed by atoms with Crippen LogP contribution in [0.1, 0.15) is 19.4 Å². The van der Waals surface area contributed by atoms with Gasteiger partial charge in [0.1, 0.15) is 4.99 Å². The fourth-order valence-electron chi connectivity index (χ4n) is 2.60. The summed E-state index contributed by atoms with van der Waals surface area (Å²) in [6, 6.07) is 6.49. The van der Waals surface area contributed by atoms with E-state index in [1.807, 2.05) is 12.1 Å². The van der Waals surface area contributed by atoms with Crippen LogP contribution in [0.25, 0.3) is 0 Å². The molecule has 1 fully saturated rings. The predicted octanol–water partition coefficient (Wildman–Crippen LogP) is 2.50. The van der Waals surface area contributed by atoms with Crippen molar-refractivity contribution in [1.29, 1.82) is 0 Å². The summed E-state index contributed by atoms with van der Waals surface area (Å²) in [6.45, 7) is 8.72. The van der Waals surface area contributed by atoms with E-state index in [0.29, 0.717) is 16.1 Å². The maximum Gasteiger partial charge on any atom is 0.105 e. The molecule has 1 aromatic carbocycles. The number of nitrogens with two attached hydrogens (primary N) is 1. The van der Waals surface area contributed by atoms with Gasteiger partial charge in [-0.3, -0.25) is 4.90 Å². The monoisotopic (exact) mass is 297 g/mol. The lowest BCUT2D eigenvalue weighted by molar-refractivity contribution is 0.199. The molecular formula is C14H20ClN3S. The van der Waals surface area contributed by atoms with Gasteiger partial charge in [0.25, 0.3) is 0 Å². The van der Waals surface area contributed by atoms with E-state index in [-0.39, 0.29) is 0 Å². The first-order chi connectivity index (χ1) is 9.02. The Morgan fingerprint density at radius 2 is 2.21 bits per heavy atom. The van der Waals surface area contributed by atoms with Crippen molar-refractivity contribution in [2.75, 3.05) is 31.1 Å². The standard InChI is InChI=1S/C14H20ClN3S/c1-3-17-6-7-18(9-10(17)2)11-4-5-12(14(16)19)13(15)8-11/h4-5,8,10H,3,6-7,9H2,1-2H3,(H2,16,19). The molecule has 1 unspecified atom stereocenters. The molecule has 0 aromatic heterocycles. The van der Waals surface area contributed by atoms with Crippen LogP contribution in [-0.2, 0) is 0 Å². The zero-order valence-electron chi connectivity index (χ0n) is 11.4. The van der Waals surface area contributed by atoms with Gasteiger partial charge in [0.15, 0.2) is 0 Å². The Bertz CT molecular complexity index is 478. The van der Waals surface area contributed by atoms with Crippen LogP contribution in [0, 0.1) is 0 Å². The maximum absolute atomic E-state index is 6.23. The Labute approximate surface area is 125 Å². The zero-order chi connectivity index (χ0) is 14.0. The number of halogens is 1. The molecule has 0 aliphatic carbocycles. The third-order valence-electron chi connectivity index (χ3n) is 3.75. The molecule has 0 spiro atoms. The Kier molecular flexibility index (Phi) is 4.66. The number of anilines is 1. The highest BCUT2D eigenvalue weighted by Gasteiger charge is 2.22. The molecule has 0 amide bonds. The summed E-state index contributed by atoms with van der Waals surface area (Å²) in [5.74, 6) is 0. The Morgan fingerprint density at radius 3 is 2.74 bits per heavy atom. The molecule has 1 aliphatic rings. The highest BCUT2D eigenvalue weighted by atomic mass is 35.5. The molecule has 1 saturated heterocycles. The van der Waals surface area contributed by atoms with Crippen molar-refractivity contribution in [1.82, 2.24) is 4.90 Å². The van der Waals surface area contributed by atoms with E-state index >= 15 is 0 Å². The van der Waals surface area contributed by atoms with Crippen LogP contribution in [0.4, 0.5) is 5.69 Å². The Morgan fingerprint density at radius 1 is 1.47 bits per heavy atom. The van der Waals surface area contributed by atoms with E-state index in [1.54, 1.807) is 0 Å². The minimum absolute atomic E-state index is 0.348. The van der Waals surface area contributed by atoms with Gasteiger partial charge in [0, 0.05) is 36.9 Å². The van der Waals surface area contributed by atoms with E-state index in [1.165, 1.54) is 0 Å². The van der Waals surface area contributed by atoms with Crippen molar-refractivity contribution < 1.29 is 0 Å². The van der Waals surface area contributed by atoms with Crippen LogP contribution in [0.5, 0.6) is 0 Å². The zero-order valence-corrected chi connectivity index (χ0v) is 13.0. The number of benzene rings is 1. The molecule has 1 heterocycles. The van der Waals surface area contributed by atoms with Gasteiger partial charge in [-0.25, -0.2) is 0 Å². The first-order valence-electron chi connectivity index (χ1n) is 6.61. The molecule has 19 heavy (non-hydrogen) atoms. The lowest BCUT2D eigenvalue weighted by Crippen LogP contribution is -2.51. The van der Waals surface area contributed by atoms with Crippen LogP contribution >= 0.6 is 23.8 Å². The minimum Gasteiger partial charge on any atom is -0.389 e. The topological polar surface area (TPSA) is 32.5 Å². The number of thiocarbonyl (C=S) groups is 1. The molecule has 1 aliphatic heterocycles. The van der Waals surface area contributed by atoms with Crippen molar-refractivity contribution in [3.63, 3.8) is 0 Å². The SMILES string of the molecule is CCN1CCN(c2ccc(C(N)=S)c(Cl)c2)CC1C. The van der Waals surface area contributed by atoms with Gasteiger partial charge < -0.3 is 10.6 Å². The van der Waals surface area contributed by atoms with Crippen molar-refractivity contribution in [2.24, 2.45) is 5.73 Å². The smallest absolute Gasteiger partial charge is 0.105 e. The first kappa shape index (κ1) is 14.6. The van der Waals surface area contributed by atoms with Gasteiger partial charge in [-0.05, 0) is 31.7 Å². The summed E-state index contributed by atoms with van der Waals surface area (Å²) >= 11 is 11.2. The molecular weight excluding hydrogens is 278 g/mol. The Hall–Kier alpha value is -0.840. The molecule has 2 rings (SSSR count). The second kappa shape index (κ2) is 6.07. The molecule has 0 bridgehead atoms. The second-order valence-corrected chi connectivity index (χ2v) is 5.80. The van der Waals surface area contributed by atoms with Crippen molar-refractivity contribution in [3.05, 3.63) is 28.8 Å². The summed E-state index contributed by atoms with van der Waals surface area (Å²) in [6.07, 6.45) is 0.